The highest BCUT2D eigenvalue weighted by Crippen LogP contribution is 2.24. The van der Waals surface area contributed by atoms with Crippen molar-refractivity contribution in [3.05, 3.63) is 96.1 Å². The standard InChI is InChI=1S/C22H22N2O3S/c1-18-9-8-12-20(15-18)24(28(26,27)21-13-6-3-7-14-21)17-22(25)23-16-19-10-4-2-5-11-19/h2-15H,16-17H2,1H3,(H,23,25). The lowest BCUT2D eigenvalue weighted by molar-refractivity contribution is -0.119. The molecule has 0 saturated carbocycles. The van der Waals surface area contributed by atoms with Gasteiger partial charge in [0.25, 0.3) is 10.0 Å². The van der Waals surface area contributed by atoms with Gasteiger partial charge in [0.15, 0.2) is 0 Å². The monoisotopic (exact) mass is 394 g/mol. The van der Waals surface area contributed by atoms with E-state index in [9.17, 15) is 13.2 Å². The number of nitrogens with one attached hydrogen (secondary N) is 1. The number of hydrogen-bond donors (Lipinski definition) is 1. The summed E-state index contributed by atoms with van der Waals surface area (Å²) in [7, 11) is -3.88. The van der Waals surface area contributed by atoms with E-state index in [1.807, 2.05) is 43.3 Å². The van der Waals surface area contributed by atoms with Gasteiger partial charge in [0.2, 0.25) is 5.91 Å². The Bertz CT molecular complexity index is 1040. The van der Waals surface area contributed by atoms with Gasteiger partial charge in [-0.25, -0.2) is 8.42 Å². The molecule has 6 heteroatoms. The Balaban J connectivity index is 1.85. The van der Waals surface area contributed by atoms with Crippen molar-refractivity contribution in [2.24, 2.45) is 0 Å². The average Bonchev–Trinajstić information content (AvgIpc) is 2.72. The maximum absolute atomic E-state index is 13.2. The van der Waals surface area contributed by atoms with Crippen LogP contribution in [-0.2, 0) is 21.4 Å². The van der Waals surface area contributed by atoms with Crippen molar-refractivity contribution in [2.45, 2.75) is 18.4 Å². The highest BCUT2D eigenvalue weighted by molar-refractivity contribution is 7.92. The summed E-state index contributed by atoms with van der Waals surface area (Å²) in [6.07, 6.45) is 0. The minimum absolute atomic E-state index is 0.146. The molecule has 0 saturated heterocycles. The summed E-state index contributed by atoms with van der Waals surface area (Å²) in [6, 6.07) is 24.7. The van der Waals surface area contributed by atoms with Gasteiger partial charge in [-0.3, -0.25) is 9.10 Å². The van der Waals surface area contributed by atoms with Gasteiger partial charge in [0.05, 0.1) is 10.6 Å². The smallest absolute Gasteiger partial charge is 0.264 e. The first-order valence-corrected chi connectivity index (χ1v) is 10.4. The van der Waals surface area contributed by atoms with Crippen LogP contribution in [0.2, 0.25) is 0 Å². The summed E-state index contributed by atoms with van der Waals surface area (Å²) in [4.78, 5) is 12.7. The summed E-state index contributed by atoms with van der Waals surface area (Å²) >= 11 is 0. The number of aryl methyl sites for hydroxylation is 1. The molecule has 0 radical (unpaired) electrons. The number of benzene rings is 3. The molecule has 0 aliphatic heterocycles. The normalized spacial score (nSPS) is 11.0. The zero-order valence-electron chi connectivity index (χ0n) is 15.6. The van der Waals surface area contributed by atoms with Gasteiger partial charge in [0, 0.05) is 6.54 Å². The highest BCUT2D eigenvalue weighted by Gasteiger charge is 2.27. The molecule has 1 amide bonds. The molecule has 0 aliphatic rings. The molecular weight excluding hydrogens is 372 g/mol. The van der Waals surface area contributed by atoms with Crippen LogP contribution in [0.15, 0.2) is 89.8 Å². The Kier molecular flexibility index (Phi) is 6.11. The Morgan fingerprint density at radius 1 is 0.893 bits per heavy atom. The zero-order valence-corrected chi connectivity index (χ0v) is 16.4. The molecule has 0 bridgehead atoms. The Morgan fingerprint density at radius 2 is 1.54 bits per heavy atom. The summed E-state index contributed by atoms with van der Waals surface area (Å²) in [5.41, 5.74) is 2.32. The lowest BCUT2D eigenvalue weighted by Gasteiger charge is -2.24. The fourth-order valence-corrected chi connectivity index (χ4v) is 4.23. The summed E-state index contributed by atoms with van der Waals surface area (Å²) in [6.45, 7) is 1.92. The first-order valence-electron chi connectivity index (χ1n) is 8.92. The van der Waals surface area contributed by atoms with Crippen LogP contribution in [-0.4, -0.2) is 20.9 Å². The van der Waals surface area contributed by atoms with Gasteiger partial charge in [-0.2, -0.15) is 0 Å². The SMILES string of the molecule is Cc1cccc(N(CC(=O)NCc2ccccc2)S(=O)(=O)c2ccccc2)c1. The van der Waals surface area contributed by atoms with Crippen molar-refractivity contribution in [3.8, 4) is 0 Å². The van der Waals surface area contributed by atoms with Crippen molar-refractivity contribution in [1.82, 2.24) is 5.32 Å². The molecule has 0 heterocycles. The van der Waals surface area contributed by atoms with E-state index in [-0.39, 0.29) is 17.3 Å². The van der Waals surface area contributed by atoms with Crippen molar-refractivity contribution >= 4 is 21.6 Å². The van der Waals surface area contributed by atoms with E-state index in [2.05, 4.69) is 5.32 Å². The topological polar surface area (TPSA) is 66.5 Å². The van der Waals surface area contributed by atoms with Crippen molar-refractivity contribution in [3.63, 3.8) is 0 Å². The predicted molar refractivity (Wildman–Crippen MR) is 110 cm³/mol. The molecule has 0 aliphatic carbocycles. The van der Waals surface area contributed by atoms with Crippen LogP contribution in [0.1, 0.15) is 11.1 Å². The molecule has 3 rings (SSSR count). The van der Waals surface area contributed by atoms with Gasteiger partial charge in [-0.1, -0.05) is 60.7 Å². The zero-order chi connectivity index (χ0) is 20.0. The molecule has 0 atom stereocenters. The first kappa shape index (κ1) is 19.6. The number of sulfonamides is 1. The lowest BCUT2D eigenvalue weighted by atomic mass is 10.2. The number of rotatable bonds is 7. The molecule has 0 spiro atoms. The third-order valence-corrected chi connectivity index (χ3v) is 6.03. The molecule has 0 fully saturated rings. The molecule has 0 aromatic heterocycles. The van der Waals surface area contributed by atoms with Crippen molar-refractivity contribution < 1.29 is 13.2 Å². The lowest BCUT2D eigenvalue weighted by Crippen LogP contribution is -2.40. The summed E-state index contributed by atoms with van der Waals surface area (Å²) < 4.78 is 27.5. The number of hydrogen-bond acceptors (Lipinski definition) is 3. The van der Waals surface area contributed by atoms with E-state index in [0.717, 1.165) is 15.4 Å². The molecule has 144 valence electrons. The van der Waals surface area contributed by atoms with Crippen LogP contribution in [0.5, 0.6) is 0 Å². The van der Waals surface area contributed by atoms with E-state index in [1.54, 1.807) is 36.4 Å². The summed E-state index contributed by atoms with van der Waals surface area (Å²) in [5.74, 6) is -0.370. The van der Waals surface area contributed by atoms with Gasteiger partial charge in [0.1, 0.15) is 6.54 Å². The van der Waals surface area contributed by atoms with Crippen molar-refractivity contribution in [1.29, 1.82) is 0 Å². The van der Waals surface area contributed by atoms with Gasteiger partial charge >= 0.3 is 0 Å². The highest BCUT2D eigenvalue weighted by atomic mass is 32.2. The Hall–Kier alpha value is -3.12. The molecule has 0 unspecified atom stereocenters. The van der Waals surface area contributed by atoms with Crippen LogP contribution in [0.3, 0.4) is 0 Å². The van der Waals surface area contributed by atoms with E-state index in [1.165, 1.54) is 12.1 Å². The van der Waals surface area contributed by atoms with E-state index >= 15 is 0 Å². The maximum Gasteiger partial charge on any atom is 0.264 e. The van der Waals surface area contributed by atoms with Crippen molar-refractivity contribution in [2.75, 3.05) is 10.8 Å². The Morgan fingerprint density at radius 3 is 2.18 bits per heavy atom. The third kappa shape index (κ3) is 4.78. The average molecular weight is 394 g/mol. The van der Waals surface area contributed by atoms with Crippen LogP contribution in [0.4, 0.5) is 5.69 Å². The largest absolute Gasteiger partial charge is 0.350 e. The molecular formula is C22H22N2O3S. The molecule has 1 N–H and O–H groups in total. The van der Waals surface area contributed by atoms with Crippen LogP contribution in [0.25, 0.3) is 0 Å². The van der Waals surface area contributed by atoms with E-state index < -0.39 is 10.0 Å². The fraction of sp³-hybridized carbons (Fsp3) is 0.136. The molecule has 3 aromatic rings. The number of carbonyl (C=O) groups excluding carboxylic acids is 1. The second kappa shape index (κ2) is 8.71. The van der Waals surface area contributed by atoms with E-state index in [4.69, 9.17) is 0 Å². The number of amides is 1. The quantitative estimate of drug-likeness (QED) is 0.667. The molecule has 3 aromatic carbocycles. The summed E-state index contributed by atoms with van der Waals surface area (Å²) in [5, 5.41) is 2.79. The molecule has 28 heavy (non-hydrogen) atoms. The maximum atomic E-state index is 13.2. The van der Waals surface area contributed by atoms with Gasteiger partial charge < -0.3 is 5.32 Å². The van der Waals surface area contributed by atoms with Crippen LogP contribution in [0, 0.1) is 6.92 Å². The predicted octanol–water partition coefficient (Wildman–Crippen LogP) is 3.51. The minimum Gasteiger partial charge on any atom is -0.350 e. The first-order chi connectivity index (χ1) is 13.5. The van der Waals surface area contributed by atoms with Crippen LogP contribution >= 0.6 is 0 Å². The third-order valence-electron chi connectivity index (χ3n) is 4.24. The molecule has 5 nitrogen and oxygen atoms in total. The van der Waals surface area contributed by atoms with Gasteiger partial charge in [-0.05, 0) is 42.3 Å². The number of carbonyl (C=O) groups is 1. The second-order valence-corrected chi connectivity index (χ2v) is 8.29. The number of anilines is 1. The van der Waals surface area contributed by atoms with Crippen LogP contribution < -0.4 is 9.62 Å². The number of nitrogens with zero attached hydrogens (tertiary/aromatic N) is 1. The second-order valence-electron chi connectivity index (χ2n) is 6.43. The van der Waals surface area contributed by atoms with Gasteiger partial charge in [-0.15, -0.1) is 0 Å². The van der Waals surface area contributed by atoms with E-state index in [0.29, 0.717) is 12.2 Å². The Labute approximate surface area is 165 Å². The fourth-order valence-electron chi connectivity index (χ4n) is 2.80. The minimum atomic E-state index is -3.88.